The highest BCUT2D eigenvalue weighted by molar-refractivity contribution is 6.35. The van der Waals surface area contributed by atoms with Crippen LogP contribution >= 0.6 is 11.6 Å². The zero-order chi connectivity index (χ0) is 14.9. The van der Waals surface area contributed by atoms with Crippen LogP contribution in [0.2, 0.25) is 5.02 Å². The lowest BCUT2D eigenvalue weighted by atomic mass is 10.0. The van der Waals surface area contributed by atoms with Crippen LogP contribution in [0, 0.1) is 5.82 Å². The Balaban J connectivity index is 2.44. The summed E-state index contributed by atoms with van der Waals surface area (Å²) in [6.07, 6.45) is -4.54. The lowest BCUT2D eigenvalue weighted by Crippen LogP contribution is -2.08. The summed E-state index contributed by atoms with van der Waals surface area (Å²) in [7, 11) is 0. The van der Waals surface area contributed by atoms with Crippen molar-refractivity contribution in [3.8, 4) is 0 Å². The fourth-order valence-electron chi connectivity index (χ4n) is 1.67. The molecule has 0 unspecified atom stereocenters. The molecule has 0 amide bonds. The molecule has 2 rings (SSSR count). The quantitative estimate of drug-likeness (QED) is 0.579. The van der Waals surface area contributed by atoms with E-state index in [0.29, 0.717) is 0 Å². The van der Waals surface area contributed by atoms with Gasteiger partial charge < -0.3 is 0 Å². The molecular weight excluding hydrogens is 296 g/mol. The van der Waals surface area contributed by atoms with Gasteiger partial charge in [0.25, 0.3) is 0 Å². The number of ketones is 1. The number of hydrogen-bond acceptors (Lipinski definition) is 1. The van der Waals surface area contributed by atoms with Crippen LogP contribution in [0.15, 0.2) is 42.5 Å². The van der Waals surface area contributed by atoms with Crippen LogP contribution in [0.3, 0.4) is 0 Å². The maximum atomic E-state index is 12.9. The minimum absolute atomic E-state index is 0.0487. The number of halogens is 5. The summed E-state index contributed by atoms with van der Waals surface area (Å²) in [6.45, 7) is 0. The van der Waals surface area contributed by atoms with Gasteiger partial charge in [-0.2, -0.15) is 13.2 Å². The Morgan fingerprint density at radius 1 is 1.05 bits per heavy atom. The monoisotopic (exact) mass is 302 g/mol. The maximum absolute atomic E-state index is 12.9. The van der Waals surface area contributed by atoms with E-state index in [-0.39, 0.29) is 16.1 Å². The van der Waals surface area contributed by atoms with Crippen LogP contribution in [-0.4, -0.2) is 5.78 Å². The van der Waals surface area contributed by atoms with E-state index >= 15 is 0 Å². The summed E-state index contributed by atoms with van der Waals surface area (Å²) in [5.74, 6) is -1.32. The number of hydrogen-bond donors (Lipinski definition) is 0. The number of benzene rings is 2. The molecule has 0 atom stereocenters. The van der Waals surface area contributed by atoms with Gasteiger partial charge in [0.15, 0.2) is 5.78 Å². The van der Waals surface area contributed by atoms with Crippen LogP contribution < -0.4 is 0 Å². The summed E-state index contributed by atoms with van der Waals surface area (Å²) < 4.78 is 50.6. The third-order valence-electron chi connectivity index (χ3n) is 2.63. The van der Waals surface area contributed by atoms with E-state index in [4.69, 9.17) is 11.6 Å². The van der Waals surface area contributed by atoms with Gasteiger partial charge in [-0.05, 0) is 30.3 Å². The van der Waals surface area contributed by atoms with Crippen LogP contribution in [0.4, 0.5) is 17.6 Å². The van der Waals surface area contributed by atoms with Gasteiger partial charge in [-0.1, -0.05) is 23.7 Å². The van der Waals surface area contributed by atoms with Crippen molar-refractivity contribution in [2.75, 3.05) is 0 Å². The first kappa shape index (κ1) is 14.5. The fraction of sp³-hybridized carbons (Fsp3) is 0.0714. The Morgan fingerprint density at radius 2 is 1.75 bits per heavy atom. The SMILES string of the molecule is O=C(c1cccc(C(F)(F)F)c1)c1ccc(F)cc1Cl. The molecule has 0 aromatic heterocycles. The van der Waals surface area contributed by atoms with Crippen molar-refractivity contribution >= 4 is 17.4 Å². The van der Waals surface area contributed by atoms with Gasteiger partial charge >= 0.3 is 6.18 Å². The smallest absolute Gasteiger partial charge is 0.289 e. The molecule has 2 aromatic carbocycles. The van der Waals surface area contributed by atoms with Crippen molar-refractivity contribution in [2.24, 2.45) is 0 Å². The maximum Gasteiger partial charge on any atom is 0.416 e. The molecule has 0 saturated heterocycles. The zero-order valence-electron chi connectivity index (χ0n) is 9.84. The van der Waals surface area contributed by atoms with Gasteiger partial charge in [0, 0.05) is 11.1 Å². The normalized spacial score (nSPS) is 11.4. The van der Waals surface area contributed by atoms with Gasteiger partial charge in [0.1, 0.15) is 5.82 Å². The van der Waals surface area contributed by atoms with Gasteiger partial charge in [-0.3, -0.25) is 4.79 Å². The van der Waals surface area contributed by atoms with Crippen LogP contribution in [0.25, 0.3) is 0 Å². The van der Waals surface area contributed by atoms with Crippen molar-refractivity contribution < 1.29 is 22.4 Å². The molecule has 0 spiro atoms. The van der Waals surface area contributed by atoms with E-state index in [1.807, 2.05) is 0 Å². The van der Waals surface area contributed by atoms with Gasteiger partial charge in [0.05, 0.1) is 10.6 Å². The van der Waals surface area contributed by atoms with Crippen LogP contribution in [-0.2, 0) is 6.18 Å². The van der Waals surface area contributed by atoms with Gasteiger partial charge in [-0.25, -0.2) is 4.39 Å². The third kappa shape index (κ3) is 2.99. The largest absolute Gasteiger partial charge is 0.416 e. The Labute approximate surface area is 116 Å². The second-order valence-corrected chi connectivity index (χ2v) is 4.44. The minimum atomic E-state index is -4.54. The Kier molecular flexibility index (Phi) is 3.81. The van der Waals surface area contributed by atoms with Crippen molar-refractivity contribution in [1.82, 2.24) is 0 Å². The topological polar surface area (TPSA) is 17.1 Å². The molecule has 6 heteroatoms. The molecule has 0 bridgehead atoms. The van der Waals surface area contributed by atoms with Crippen molar-refractivity contribution in [2.45, 2.75) is 6.18 Å². The summed E-state index contributed by atoms with van der Waals surface area (Å²) >= 11 is 5.72. The van der Waals surface area contributed by atoms with E-state index < -0.39 is 23.3 Å². The van der Waals surface area contributed by atoms with E-state index in [1.165, 1.54) is 6.07 Å². The Bertz CT molecular complexity index is 664. The number of carbonyl (C=O) groups is 1. The first-order chi connectivity index (χ1) is 9.29. The molecule has 0 N–H and O–H groups in total. The molecule has 0 saturated carbocycles. The van der Waals surface area contributed by atoms with Crippen LogP contribution in [0.1, 0.15) is 21.5 Å². The summed E-state index contributed by atoms with van der Waals surface area (Å²) in [5, 5.41) is -0.146. The lowest BCUT2D eigenvalue weighted by molar-refractivity contribution is -0.137. The minimum Gasteiger partial charge on any atom is -0.289 e. The second kappa shape index (κ2) is 5.25. The predicted octanol–water partition coefficient (Wildman–Crippen LogP) is 4.73. The van der Waals surface area contributed by atoms with Crippen molar-refractivity contribution in [3.05, 3.63) is 70.0 Å². The van der Waals surface area contributed by atoms with E-state index in [2.05, 4.69) is 0 Å². The molecule has 0 aliphatic carbocycles. The molecule has 1 nitrogen and oxygen atoms in total. The highest BCUT2D eigenvalue weighted by Crippen LogP contribution is 2.30. The average molecular weight is 303 g/mol. The molecule has 20 heavy (non-hydrogen) atoms. The molecule has 0 fully saturated rings. The standard InChI is InChI=1S/C14H7ClF4O/c15-12-7-10(16)4-5-11(12)13(20)8-2-1-3-9(6-8)14(17,18)19/h1-7H. The predicted molar refractivity (Wildman–Crippen MR) is 66.3 cm³/mol. The molecule has 104 valence electrons. The van der Waals surface area contributed by atoms with E-state index in [9.17, 15) is 22.4 Å². The second-order valence-electron chi connectivity index (χ2n) is 4.03. The summed E-state index contributed by atoms with van der Waals surface area (Å²) in [4.78, 5) is 12.1. The molecule has 0 aliphatic rings. The van der Waals surface area contributed by atoms with Crippen molar-refractivity contribution in [1.29, 1.82) is 0 Å². The highest BCUT2D eigenvalue weighted by Gasteiger charge is 2.31. The number of alkyl halides is 3. The van der Waals surface area contributed by atoms with E-state index in [0.717, 1.165) is 36.4 Å². The van der Waals surface area contributed by atoms with Gasteiger partial charge in [-0.15, -0.1) is 0 Å². The molecule has 0 aliphatic heterocycles. The summed E-state index contributed by atoms with van der Waals surface area (Å²) in [5.41, 5.74) is -1.14. The molecule has 0 radical (unpaired) electrons. The molecule has 0 heterocycles. The average Bonchev–Trinajstić information content (AvgIpc) is 2.37. The van der Waals surface area contributed by atoms with Gasteiger partial charge in [0.2, 0.25) is 0 Å². The fourth-order valence-corrected chi connectivity index (χ4v) is 1.92. The molecular formula is C14H7ClF4O. The first-order valence-electron chi connectivity index (χ1n) is 5.46. The Hall–Kier alpha value is -1.88. The Morgan fingerprint density at radius 3 is 2.35 bits per heavy atom. The molecule has 2 aromatic rings. The van der Waals surface area contributed by atoms with E-state index in [1.54, 1.807) is 0 Å². The van der Waals surface area contributed by atoms with Crippen LogP contribution in [0.5, 0.6) is 0 Å². The van der Waals surface area contributed by atoms with Crippen molar-refractivity contribution in [3.63, 3.8) is 0 Å². The lowest BCUT2D eigenvalue weighted by Gasteiger charge is -2.09. The number of rotatable bonds is 2. The zero-order valence-corrected chi connectivity index (χ0v) is 10.6. The highest BCUT2D eigenvalue weighted by atomic mass is 35.5. The first-order valence-corrected chi connectivity index (χ1v) is 5.84. The number of carbonyl (C=O) groups excluding carboxylic acids is 1. The summed E-state index contributed by atoms with van der Waals surface area (Å²) in [6, 6.07) is 7.07. The third-order valence-corrected chi connectivity index (χ3v) is 2.94.